The van der Waals surface area contributed by atoms with Crippen LogP contribution in [-0.2, 0) is 11.2 Å². The summed E-state index contributed by atoms with van der Waals surface area (Å²) in [6.45, 7) is 9.47. The third-order valence-corrected chi connectivity index (χ3v) is 5.36. The Labute approximate surface area is 201 Å². The molecule has 1 aliphatic heterocycles. The van der Waals surface area contributed by atoms with Crippen molar-refractivity contribution in [3.05, 3.63) is 53.1 Å². The summed E-state index contributed by atoms with van der Waals surface area (Å²) in [5.74, 6) is 0.590. The van der Waals surface area contributed by atoms with E-state index in [4.69, 9.17) is 9.73 Å². The Hall–Kier alpha value is -1.72. The van der Waals surface area contributed by atoms with E-state index in [1.807, 2.05) is 25.3 Å². The van der Waals surface area contributed by atoms with Crippen molar-refractivity contribution in [3.63, 3.8) is 0 Å². The summed E-state index contributed by atoms with van der Waals surface area (Å²) in [6.07, 6.45) is 3.86. The predicted octanol–water partition coefficient (Wildman–Crippen LogP) is 3.04. The van der Waals surface area contributed by atoms with Crippen LogP contribution >= 0.6 is 24.0 Å². The molecule has 172 valence electrons. The van der Waals surface area contributed by atoms with Crippen molar-refractivity contribution in [1.82, 2.24) is 25.7 Å². The molecule has 0 bridgehead atoms. The van der Waals surface area contributed by atoms with Crippen molar-refractivity contribution in [2.75, 3.05) is 45.9 Å². The number of ether oxygens (including phenoxy) is 1. The molecule has 3 rings (SSSR count). The number of benzene rings is 1. The van der Waals surface area contributed by atoms with E-state index in [1.54, 1.807) is 0 Å². The highest BCUT2D eigenvalue weighted by Crippen LogP contribution is 2.22. The van der Waals surface area contributed by atoms with Gasteiger partial charge in [0.1, 0.15) is 5.82 Å². The van der Waals surface area contributed by atoms with Gasteiger partial charge in [-0.15, -0.1) is 24.0 Å². The molecular formula is C22H34FIN6O. The van der Waals surface area contributed by atoms with Gasteiger partial charge < -0.3 is 15.4 Å². The van der Waals surface area contributed by atoms with Crippen molar-refractivity contribution in [1.29, 1.82) is 0 Å². The Morgan fingerprint density at radius 2 is 2.00 bits per heavy atom. The van der Waals surface area contributed by atoms with E-state index in [1.165, 1.54) is 17.7 Å². The van der Waals surface area contributed by atoms with E-state index >= 15 is 0 Å². The number of aryl methyl sites for hydroxylation is 2. The number of guanidine groups is 1. The molecule has 0 aliphatic carbocycles. The lowest BCUT2D eigenvalue weighted by Gasteiger charge is -2.34. The van der Waals surface area contributed by atoms with Gasteiger partial charge >= 0.3 is 0 Å². The van der Waals surface area contributed by atoms with Gasteiger partial charge in [-0.3, -0.25) is 15.0 Å². The number of morpholine rings is 1. The van der Waals surface area contributed by atoms with Crippen molar-refractivity contribution < 1.29 is 9.13 Å². The zero-order chi connectivity index (χ0) is 21.2. The molecule has 1 unspecified atom stereocenters. The lowest BCUT2D eigenvalue weighted by molar-refractivity contribution is 0.0179. The average Bonchev–Trinajstić information content (AvgIpc) is 3.18. The maximum Gasteiger partial charge on any atom is 0.191 e. The molecule has 1 aliphatic rings. The molecule has 0 saturated carbocycles. The maximum atomic E-state index is 13.4. The highest BCUT2D eigenvalue weighted by molar-refractivity contribution is 14.0. The van der Waals surface area contributed by atoms with Crippen molar-refractivity contribution in [2.24, 2.45) is 4.99 Å². The van der Waals surface area contributed by atoms with Crippen LogP contribution in [-0.4, -0.2) is 67.0 Å². The summed E-state index contributed by atoms with van der Waals surface area (Å²) < 4.78 is 18.9. The standard InChI is InChI=1S/C22H33FN6O.HI/c1-3-24-22(25-10-4-5-19-15-27-28-17(19)2)26-16-21(29-11-13-30-14-12-29)18-6-8-20(23)9-7-18;/h6-9,15,21H,3-5,10-14,16H2,1-2H3,(H,27,28)(H2,24,25,26);1H. The Morgan fingerprint density at radius 3 is 2.65 bits per heavy atom. The van der Waals surface area contributed by atoms with Crippen LogP contribution in [0.15, 0.2) is 35.5 Å². The van der Waals surface area contributed by atoms with Gasteiger partial charge in [0.25, 0.3) is 0 Å². The molecule has 0 spiro atoms. The molecule has 1 saturated heterocycles. The molecule has 3 N–H and O–H groups in total. The SMILES string of the molecule is CCNC(=NCC(c1ccc(F)cc1)N1CCOCC1)NCCCc1cn[nH]c1C.I. The van der Waals surface area contributed by atoms with Crippen LogP contribution in [0.25, 0.3) is 0 Å². The van der Waals surface area contributed by atoms with E-state index in [2.05, 4.69) is 32.7 Å². The number of H-pyrrole nitrogens is 1. The number of hydrogen-bond acceptors (Lipinski definition) is 4. The van der Waals surface area contributed by atoms with Crippen molar-refractivity contribution >= 4 is 29.9 Å². The Kier molecular flexibility index (Phi) is 11.2. The third-order valence-electron chi connectivity index (χ3n) is 5.36. The lowest BCUT2D eigenvalue weighted by atomic mass is 10.0. The van der Waals surface area contributed by atoms with E-state index in [0.29, 0.717) is 19.8 Å². The first-order valence-corrected chi connectivity index (χ1v) is 10.8. The van der Waals surface area contributed by atoms with Crippen LogP contribution in [0.2, 0.25) is 0 Å². The van der Waals surface area contributed by atoms with Gasteiger partial charge in [-0.25, -0.2) is 4.39 Å². The average molecular weight is 544 g/mol. The smallest absolute Gasteiger partial charge is 0.191 e. The number of halogens is 2. The summed E-state index contributed by atoms with van der Waals surface area (Å²) in [6, 6.07) is 6.86. The number of aromatic nitrogens is 2. The molecule has 1 aromatic heterocycles. The summed E-state index contributed by atoms with van der Waals surface area (Å²) >= 11 is 0. The van der Waals surface area contributed by atoms with Crippen LogP contribution in [0.1, 0.15) is 36.2 Å². The fraction of sp³-hybridized carbons (Fsp3) is 0.545. The van der Waals surface area contributed by atoms with Gasteiger partial charge in [-0.1, -0.05) is 12.1 Å². The molecule has 1 atom stereocenters. The quantitative estimate of drug-likeness (QED) is 0.196. The topological polar surface area (TPSA) is 77.6 Å². The fourth-order valence-corrected chi connectivity index (χ4v) is 3.64. The first-order valence-electron chi connectivity index (χ1n) is 10.8. The van der Waals surface area contributed by atoms with Crippen LogP contribution in [0.5, 0.6) is 0 Å². The second kappa shape index (κ2) is 13.6. The minimum absolute atomic E-state index is 0. The van der Waals surface area contributed by atoms with E-state index in [-0.39, 0.29) is 35.8 Å². The molecule has 7 nitrogen and oxygen atoms in total. The number of hydrogen-bond donors (Lipinski definition) is 3. The van der Waals surface area contributed by atoms with Gasteiger partial charge in [0.2, 0.25) is 0 Å². The highest BCUT2D eigenvalue weighted by Gasteiger charge is 2.22. The van der Waals surface area contributed by atoms with Crippen LogP contribution < -0.4 is 10.6 Å². The molecule has 2 heterocycles. The molecule has 0 radical (unpaired) electrons. The molecular weight excluding hydrogens is 510 g/mol. The molecule has 1 fully saturated rings. The minimum Gasteiger partial charge on any atom is -0.379 e. The maximum absolute atomic E-state index is 13.4. The number of nitrogens with one attached hydrogen (secondary N) is 3. The number of aliphatic imine (C=N–C) groups is 1. The lowest BCUT2D eigenvalue weighted by Crippen LogP contribution is -2.42. The Bertz CT molecular complexity index is 792. The number of aromatic amines is 1. The molecule has 1 aromatic carbocycles. The summed E-state index contributed by atoms with van der Waals surface area (Å²) in [5.41, 5.74) is 3.46. The van der Waals surface area contributed by atoms with Gasteiger partial charge in [-0.05, 0) is 49.9 Å². The number of nitrogens with zero attached hydrogens (tertiary/aromatic N) is 3. The second-order valence-corrected chi connectivity index (χ2v) is 7.49. The summed E-state index contributed by atoms with van der Waals surface area (Å²) in [7, 11) is 0. The first-order chi connectivity index (χ1) is 14.7. The molecule has 9 heteroatoms. The molecule has 31 heavy (non-hydrogen) atoms. The van der Waals surface area contributed by atoms with Crippen molar-refractivity contribution in [3.8, 4) is 0 Å². The zero-order valence-corrected chi connectivity index (χ0v) is 20.7. The van der Waals surface area contributed by atoms with Gasteiger partial charge in [-0.2, -0.15) is 5.10 Å². The third kappa shape index (κ3) is 8.04. The largest absolute Gasteiger partial charge is 0.379 e. The highest BCUT2D eigenvalue weighted by atomic mass is 127. The van der Waals surface area contributed by atoms with Gasteiger partial charge in [0, 0.05) is 31.9 Å². The monoisotopic (exact) mass is 544 g/mol. The summed E-state index contributed by atoms with van der Waals surface area (Å²) in [4.78, 5) is 7.21. The van der Waals surface area contributed by atoms with Crippen LogP contribution in [0, 0.1) is 12.7 Å². The zero-order valence-electron chi connectivity index (χ0n) is 18.4. The van der Waals surface area contributed by atoms with E-state index in [9.17, 15) is 4.39 Å². The fourth-order valence-electron chi connectivity index (χ4n) is 3.64. The predicted molar refractivity (Wildman–Crippen MR) is 133 cm³/mol. The Morgan fingerprint density at radius 1 is 1.26 bits per heavy atom. The number of rotatable bonds is 9. The van der Waals surface area contributed by atoms with Crippen LogP contribution in [0.4, 0.5) is 4.39 Å². The normalized spacial score (nSPS) is 15.9. The van der Waals surface area contributed by atoms with Crippen molar-refractivity contribution in [2.45, 2.75) is 32.7 Å². The van der Waals surface area contributed by atoms with Gasteiger partial charge in [0.15, 0.2) is 5.96 Å². The summed E-state index contributed by atoms with van der Waals surface area (Å²) in [5, 5.41) is 13.8. The Balaban J connectivity index is 0.00000341. The molecule has 2 aromatic rings. The minimum atomic E-state index is -0.217. The first kappa shape index (κ1) is 25.5. The molecule has 0 amide bonds. The van der Waals surface area contributed by atoms with Gasteiger partial charge in [0.05, 0.1) is 32.0 Å². The van der Waals surface area contributed by atoms with Crippen LogP contribution in [0.3, 0.4) is 0 Å². The van der Waals surface area contributed by atoms with E-state index in [0.717, 1.165) is 56.2 Å². The second-order valence-electron chi connectivity index (χ2n) is 7.49. The van der Waals surface area contributed by atoms with E-state index < -0.39 is 0 Å².